The van der Waals surface area contributed by atoms with Crippen LogP contribution >= 0.6 is 0 Å². The Balaban J connectivity index is 1.48. The lowest BCUT2D eigenvalue weighted by atomic mass is 9.98. The molecule has 10 N–H and O–H groups in total. The van der Waals surface area contributed by atoms with Gasteiger partial charge >= 0.3 is 0 Å². The number of ether oxygens (including phenoxy) is 4. The molecule has 2 fully saturated rings. The third kappa shape index (κ3) is 5.67. The fourth-order valence-corrected chi connectivity index (χ4v) is 4.84. The first-order chi connectivity index (χ1) is 20.3. The lowest BCUT2D eigenvalue weighted by Gasteiger charge is -2.42. The van der Waals surface area contributed by atoms with Crippen LogP contribution in [0.2, 0.25) is 0 Å². The Labute approximate surface area is 241 Å². The molecule has 1 aromatic heterocycles. The van der Waals surface area contributed by atoms with Crippen LogP contribution in [0.1, 0.15) is 6.92 Å². The predicted octanol–water partition coefficient (Wildman–Crippen LogP) is -1.69. The second-order valence-corrected chi connectivity index (χ2v) is 10.3. The summed E-state index contributed by atoms with van der Waals surface area (Å²) in [6.07, 6.45) is -16.2. The van der Waals surface area contributed by atoms with Gasteiger partial charge in [-0.2, -0.15) is 0 Å². The summed E-state index contributed by atoms with van der Waals surface area (Å²) in [5, 5.41) is 101. The standard InChI is InChI=1S/C27H30O16/c1-8-17(32)20(35)22(37)26(40-8)39-7-15-18(33)21(36)23(38)27(42-15)43-25-19(34)16-13(31)5-10(28)6-14(16)41-24(25)9-2-3-11(29)12(30)4-9/h2-6,8,15,17-18,20-23,26-33,35-38H,7H2,1H3/t8?,15?,17-,18-,20-,21?,22?,23?,26+,27-/m0/s1. The van der Waals surface area contributed by atoms with Crippen LogP contribution in [0.3, 0.4) is 0 Å². The van der Waals surface area contributed by atoms with Gasteiger partial charge in [-0.1, -0.05) is 0 Å². The molecule has 234 valence electrons. The van der Waals surface area contributed by atoms with Gasteiger partial charge in [0.25, 0.3) is 0 Å². The summed E-state index contributed by atoms with van der Waals surface area (Å²) < 4.78 is 27.8. The third-order valence-corrected chi connectivity index (χ3v) is 7.29. The Hall–Kier alpha value is -3.71. The zero-order valence-electron chi connectivity index (χ0n) is 22.3. The van der Waals surface area contributed by atoms with Crippen molar-refractivity contribution < 1.29 is 74.4 Å². The highest BCUT2D eigenvalue weighted by Crippen LogP contribution is 2.39. The van der Waals surface area contributed by atoms with Crippen LogP contribution in [-0.2, 0) is 14.2 Å². The fourth-order valence-electron chi connectivity index (χ4n) is 4.84. The van der Waals surface area contributed by atoms with E-state index >= 15 is 0 Å². The lowest BCUT2D eigenvalue weighted by Crippen LogP contribution is -2.61. The summed E-state index contributed by atoms with van der Waals surface area (Å²) in [6.45, 7) is 0.818. The van der Waals surface area contributed by atoms with Crippen molar-refractivity contribution in [3.8, 4) is 40.1 Å². The second-order valence-electron chi connectivity index (χ2n) is 10.3. The number of phenols is 4. The smallest absolute Gasteiger partial charge is 0.239 e. The number of aliphatic hydroxyl groups is 6. The van der Waals surface area contributed by atoms with Crippen molar-refractivity contribution in [1.29, 1.82) is 0 Å². The van der Waals surface area contributed by atoms with Gasteiger partial charge in [-0.3, -0.25) is 4.79 Å². The first kappa shape index (κ1) is 30.7. The van der Waals surface area contributed by atoms with E-state index in [0.717, 1.165) is 24.3 Å². The molecule has 0 saturated carbocycles. The van der Waals surface area contributed by atoms with E-state index in [-0.39, 0.29) is 11.1 Å². The number of hydrogen-bond acceptors (Lipinski definition) is 16. The molecule has 10 atom stereocenters. The number of phenolic OH excluding ortho intramolecular Hbond substituents is 4. The summed E-state index contributed by atoms with van der Waals surface area (Å²) in [7, 11) is 0. The molecule has 0 radical (unpaired) electrons. The highest BCUT2D eigenvalue weighted by atomic mass is 16.7. The second kappa shape index (κ2) is 11.8. The number of rotatable bonds is 6. The first-order valence-corrected chi connectivity index (χ1v) is 13.0. The van der Waals surface area contributed by atoms with E-state index in [4.69, 9.17) is 23.4 Å². The highest BCUT2D eigenvalue weighted by Gasteiger charge is 2.47. The molecule has 3 aromatic rings. The normalized spacial score (nSPS) is 33.0. The van der Waals surface area contributed by atoms with Crippen LogP contribution in [-0.4, -0.2) is 119 Å². The van der Waals surface area contributed by atoms with Crippen LogP contribution in [0.15, 0.2) is 39.5 Å². The van der Waals surface area contributed by atoms with Crippen molar-refractivity contribution in [3.63, 3.8) is 0 Å². The van der Waals surface area contributed by atoms with Gasteiger partial charge in [0.2, 0.25) is 17.5 Å². The number of aliphatic hydroxyl groups excluding tert-OH is 6. The van der Waals surface area contributed by atoms with Gasteiger partial charge < -0.3 is 74.4 Å². The van der Waals surface area contributed by atoms with E-state index in [1.54, 1.807) is 0 Å². The largest absolute Gasteiger partial charge is 0.508 e. The van der Waals surface area contributed by atoms with Crippen molar-refractivity contribution in [2.75, 3.05) is 6.61 Å². The fraction of sp³-hybridized carbons (Fsp3) is 0.444. The van der Waals surface area contributed by atoms with Crippen molar-refractivity contribution in [2.45, 2.75) is 68.3 Å². The van der Waals surface area contributed by atoms with Gasteiger partial charge in [0.05, 0.1) is 12.7 Å². The van der Waals surface area contributed by atoms with E-state index in [2.05, 4.69) is 0 Å². The van der Waals surface area contributed by atoms with E-state index in [0.29, 0.717) is 0 Å². The molecule has 5 unspecified atom stereocenters. The topological polar surface area (TPSA) is 269 Å². The molecular formula is C27H30O16. The zero-order valence-corrected chi connectivity index (χ0v) is 22.3. The van der Waals surface area contributed by atoms with E-state index in [1.165, 1.54) is 13.0 Å². The van der Waals surface area contributed by atoms with Crippen LogP contribution < -0.4 is 10.2 Å². The quantitative estimate of drug-likeness (QED) is 0.140. The molecule has 2 saturated heterocycles. The molecular weight excluding hydrogens is 580 g/mol. The molecule has 0 aliphatic carbocycles. The Morgan fingerprint density at radius 3 is 2.12 bits per heavy atom. The van der Waals surface area contributed by atoms with Gasteiger partial charge in [0.15, 0.2) is 23.5 Å². The summed E-state index contributed by atoms with van der Waals surface area (Å²) in [5.74, 6) is -3.33. The van der Waals surface area contributed by atoms with Gasteiger partial charge in [-0.05, 0) is 25.1 Å². The molecule has 43 heavy (non-hydrogen) atoms. The number of hydrogen-bond donors (Lipinski definition) is 10. The van der Waals surface area contributed by atoms with Crippen molar-refractivity contribution in [1.82, 2.24) is 0 Å². The molecule has 16 heteroatoms. The molecule has 2 aromatic carbocycles. The molecule has 2 aliphatic rings. The van der Waals surface area contributed by atoms with Crippen LogP contribution in [0.25, 0.3) is 22.3 Å². The third-order valence-electron chi connectivity index (χ3n) is 7.29. The average Bonchev–Trinajstić information content (AvgIpc) is 2.96. The van der Waals surface area contributed by atoms with Gasteiger partial charge in [-0.25, -0.2) is 0 Å². The van der Waals surface area contributed by atoms with Crippen LogP contribution in [0, 0.1) is 0 Å². The van der Waals surface area contributed by atoms with Crippen LogP contribution in [0.5, 0.6) is 28.7 Å². The summed E-state index contributed by atoms with van der Waals surface area (Å²) >= 11 is 0. The Morgan fingerprint density at radius 2 is 1.42 bits per heavy atom. The lowest BCUT2D eigenvalue weighted by molar-refractivity contribution is -0.318. The van der Waals surface area contributed by atoms with Crippen molar-refractivity contribution in [3.05, 3.63) is 40.6 Å². The Morgan fingerprint density at radius 1 is 0.744 bits per heavy atom. The number of aromatic hydroxyl groups is 4. The minimum Gasteiger partial charge on any atom is -0.508 e. The monoisotopic (exact) mass is 610 g/mol. The average molecular weight is 611 g/mol. The van der Waals surface area contributed by atoms with E-state index < -0.39 is 113 Å². The first-order valence-electron chi connectivity index (χ1n) is 13.0. The SMILES string of the molecule is CC1O[C@@H](OCC2O[C@@H](Oc3c(-c4ccc(O)c(O)c4)oc4cc(O)cc(O)c4c3=O)C(O)C(O)[C@H]2O)C(O)[C@@H](O)[C@H]1O. The number of benzene rings is 2. The van der Waals surface area contributed by atoms with Crippen molar-refractivity contribution >= 4 is 11.0 Å². The summed E-state index contributed by atoms with van der Waals surface area (Å²) in [4.78, 5) is 13.6. The Bertz CT molecular complexity index is 1540. The highest BCUT2D eigenvalue weighted by molar-refractivity contribution is 5.88. The zero-order chi connectivity index (χ0) is 31.3. The minimum absolute atomic E-state index is 0.0313. The maximum absolute atomic E-state index is 13.6. The van der Waals surface area contributed by atoms with Crippen LogP contribution in [0.4, 0.5) is 0 Å². The molecule has 0 spiro atoms. The molecule has 3 heterocycles. The molecule has 16 nitrogen and oxygen atoms in total. The van der Waals surface area contributed by atoms with Crippen molar-refractivity contribution in [2.24, 2.45) is 0 Å². The Kier molecular flexibility index (Phi) is 8.41. The minimum atomic E-state index is -1.97. The molecule has 0 amide bonds. The number of fused-ring (bicyclic) bond motifs is 1. The van der Waals surface area contributed by atoms with Gasteiger partial charge in [0, 0.05) is 17.7 Å². The molecule has 0 bridgehead atoms. The maximum atomic E-state index is 13.6. The maximum Gasteiger partial charge on any atom is 0.239 e. The predicted molar refractivity (Wildman–Crippen MR) is 140 cm³/mol. The molecule has 5 rings (SSSR count). The summed E-state index contributed by atoms with van der Waals surface area (Å²) in [6, 6.07) is 5.24. The van der Waals surface area contributed by atoms with E-state index in [1.807, 2.05) is 0 Å². The molecule has 2 aliphatic heterocycles. The summed E-state index contributed by atoms with van der Waals surface area (Å²) in [5.41, 5.74) is -1.35. The van der Waals surface area contributed by atoms with Gasteiger partial charge in [0.1, 0.15) is 65.2 Å². The van der Waals surface area contributed by atoms with Gasteiger partial charge in [-0.15, -0.1) is 0 Å². The van der Waals surface area contributed by atoms with E-state index in [9.17, 15) is 55.9 Å².